The number of pyridine rings is 1. The lowest BCUT2D eigenvalue weighted by atomic mass is 9.77. The van der Waals surface area contributed by atoms with Crippen LogP contribution in [-0.4, -0.2) is 11.5 Å². The molecular formula is C15H18N2. The summed E-state index contributed by atoms with van der Waals surface area (Å²) >= 11 is 0. The van der Waals surface area contributed by atoms with Crippen molar-refractivity contribution in [1.29, 1.82) is 0 Å². The minimum absolute atomic E-state index is 0.197. The Morgan fingerprint density at radius 1 is 1.18 bits per heavy atom. The highest BCUT2D eigenvalue weighted by Gasteiger charge is 2.35. The molecule has 1 heterocycles. The van der Waals surface area contributed by atoms with Gasteiger partial charge in [-0.1, -0.05) is 31.0 Å². The van der Waals surface area contributed by atoms with Crippen molar-refractivity contribution in [2.75, 3.05) is 6.54 Å². The van der Waals surface area contributed by atoms with Crippen LogP contribution in [0.3, 0.4) is 0 Å². The molecule has 2 aromatic rings. The van der Waals surface area contributed by atoms with Gasteiger partial charge >= 0.3 is 0 Å². The van der Waals surface area contributed by atoms with E-state index in [0.29, 0.717) is 0 Å². The average Bonchev–Trinajstić information content (AvgIpc) is 2.88. The Bertz CT molecular complexity index is 522. The van der Waals surface area contributed by atoms with E-state index >= 15 is 0 Å². The van der Waals surface area contributed by atoms with E-state index < -0.39 is 0 Å². The fraction of sp³-hybridized carbons (Fsp3) is 0.400. The third-order valence-electron chi connectivity index (χ3n) is 4.21. The summed E-state index contributed by atoms with van der Waals surface area (Å²) in [6.45, 7) is 0.751. The topological polar surface area (TPSA) is 38.9 Å². The Balaban J connectivity index is 2.22. The second kappa shape index (κ2) is 4.11. The summed E-state index contributed by atoms with van der Waals surface area (Å²) in [5.74, 6) is 0. The standard InChI is InChI=1S/C15H18N2/c16-11-15(7-1-2-8-15)14-5-3-4-12-6-9-17-10-13(12)14/h3-6,9-10H,1-2,7-8,11,16H2. The SMILES string of the molecule is NCC1(c2cccc3ccncc23)CCCC1. The quantitative estimate of drug-likeness (QED) is 0.855. The molecule has 3 rings (SSSR count). The van der Waals surface area contributed by atoms with E-state index in [1.165, 1.54) is 42.0 Å². The second-order valence-electron chi connectivity index (χ2n) is 5.09. The molecule has 1 aliphatic carbocycles. The molecule has 1 aromatic carbocycles. The van der Waals surface area contributed by atoms with E-state index in [0.717, 1.165) is 6.54 Å². The van der Waals surface area contributed by atoms with Crippen molar-refractivity contribution < 1.29 is 0 Å². The Hall–Kier alpha value is -1.41. The first kappa shape index (κ1) is 10.7. The van der Waals surface area contributed by atoms with Gasteiger partial charge in [0.2, 0.25) is 0 Å². The molecule has 0 spiro atoms. The maximum Gasteiger partial charge on any atom is 0.0349 e. The van der Waals surface area contributed by atoms with Crippen molar-refractivity contribution in [1.82, 2.24) is 4.98 Å². The molecule has 0 unspecified atom stereocenters. The summed E-state index contributed by atoms with van der Waals surface area (Å²) in [5, 5.41) is 2.56. The van der Waals surface area contributed by atoms with Crippen LogP contribution in [0.15, 0.2) is 36.7 Å². The molecule has 0 radical (unpaired) electrons. The van der Waals surface area contributed by atoms with Crippen LogP contribution >= 0.6 is 0 Å². The first-order chi connectivity index (χ1) is 8.36. The van der Waals surface area contributed by atoms with E-state index in [9.17, 15) is 0 Å². The molecule has 2 N–H and O–H groups in total. The first-order valence-electron chi connectivity index (χ1n) is 6.39. The number of benzene rings is 1. The Labute approximate surface area is 102 Å². The first-order valence-corrected chi connectivity index (χ1v) is 6.39. The molecule has 0 aliphatic heterocycles. The molecule has 0 saturated heterocycles. The normalized spacial score (nSPS) is 18.6. The molecule has 0 amide bonds. The summed E-state index contributed by atoms with van der Waals surface area (Å²) in [5.41, 5.74) is 7.67. The van der Waals surface area contributed by atoms with Crippen molar-refractivity contribution in [3.63, 3.8) is 0 Å². The van der Waals surface area contributed by atoms with E-state index in [-0.39, 0.29) is 5.41 Å². The van der Waals surface area contributed by atoms with Crippen LogP contribution in [0.5, 0.6) is 0 Å². The van der Waals surface area contributed by atoms with Crippen molar-refractivity contribution >= 4 is 10.8 Å². The molecule has 17 heavy (non-hydrogen) atoms. The predicted octanol–water partition coefficient (Wildman–Crippen LogP) is 3.01. The summed E-state index contributed by atoms with van der Waals surface area (Å²) in [4.78, 5) is 4.27. The number of rotatable bonds is 2. The molecule has 0 atom stereocenters. The molecule has 2 heteroatoms. The number of fused-ring (bicyclic) bond motifs is 1. The minimum Gasteiger partial charge on any atom is -0.330 e. The van der Waals surface area contributed by atoms with Gasteiger partial charge in [0.05, 0.1) is 0 Å². The van der Waals surface area contributed by atoms with Crippen LogP contribution in [0, 0.1) is 0 Å². The number of hydrogen-bond donors (Lipinski definition) is 1. The molecule has 1 aliphatic rings. The van der Waals surface area contributed by atoms with E-state index in [2.05, 4.69) is 29.2 Å². The summed E-state index contributed by atoms with van der Waals surface area (Å²) < 4.78 is 0. The fourth-order valence-corrected chi connectivity index (χ4v) is 3.21. The van der Waals surface area contributed by atoms with Gasteiger partial charge in [-0.05, 0) is 29.9 Å². The van der Waals surface area contributed by atoms with Gasteiger partial charge in [-0.3, -0.25) is 4.98 Å². The number of aromatic nitrogens is 1. The van der Waals surface area contributed by atoms with Crippen LogP contribution < -0.4 is 5.73 Å². The zero-order valence-corrected chi connectivity index (χ0v) is 10.0. The third kappa shape index (κ3) is 1.64. The Kier molecular flexibility index (Phi) is 2.60. The molecule has 1 aromatic heterocycles. The zero-order valence-electron chi connectivity index (χ0n) is 10.0. The minimum atomic E-state index is 0.197. The van der Waals surface area contributed by atoms with Crippen LogP contribution in [-0.2, 0) is 5.41 Å². The number of hydrogen-bond acceptors (Lipinski definition) is 2. The maximum atomic E-state index is 6.07. The van der Waals surface area contributed by atoms with E-state index in [1.54, 1.807) is 0 Å². The summed E-state index contributed by atoms with van der Waals surface area (Å²) in [7, 11) is 0. The highest BCUT2D eigenvalue weighted by molar-refractivity contribution is 5.85. The van der Waals surface area contributed by atoms with Crippen molar-refractivity contribution in [2.45, 2.75) is 31.1 Å². The van der Waals surface area contributed by atoms with Gasteiger partial charge in [-0.2, -0.15) is 0 Å². The van der Waals surface area contributed by atoms with Gasteiger partial charge in [0.1, 0.15) is 0 Å². The molecule has 0 bridgehead atoms. The summed E-state index contributed by atoms with van der Waals surface area (Å²) in [6, 6.07) is 8.62. The lowest BCUT2D eigenvalue weighted by Crippen LogP contribution is -2.32. The predicted molar refractivity (Wildman–Crippen MR) is 70.9 cm³/mol. The Morgan fingerprint density at radius 2 is 2.00 bits per heavy atom. The van der Waals surface area contributed by atoms with Crippen LogP contribution in [0.2, 0.25) is 0 Å². The van der Waals surface area contributed by atoms with Crippen LogP contribution in [0.4, 0.5) is 0 Å². The lowest BCUT2D eigenvalue weighted by molar-refractivity contribution is 0.457. The van der Waals surface area contributed by atoms with Crippen molar-refractivity contribution in [2.24, 2.45) is 5.73 Å². The van der Waals surface area contributed by atoms with Gasteiger partial charge < -0.3 is 5.73 Å². The summed E-state index contributed by atoms with van der Waals surface area (Å²) in [6.07, 6.45) is 8.88. The monoisotopic (exact) mass is 226 g/mol. The number of nitrogens with zero attached hydrogens (tertiary/aromatic N) is 1. The maximum absolute atomic E-state index is 6.07. The highest BCUT2D eigenvalue weighted by Crippen LogP contribution is 2.42. The second-order valence-corrected chi connectivity index (χ2v) is 5.09. The van der Waals surface area contributed by atoms with E-state index in [4.69, 9.17) is 5.73 Å². The average molecular weight is 226 g/mol. The lowest BCUT2D eigenvalue weighted by Gasteiger charge is -2.29. The molecule has 1 saturated carbocycles. The van der Waals surface area contributed by atoms with Crippen molar-refractivity contribution in [3.8, 4) is 0 Å². The molecule has 88 valence electrons. The van der Waals surface area contributed by atoms with Gasteiger partial charge in [0.15, 0.2) is 0 Å². The largest absolute Gasteiger partial charge is 0.330 e. The zero-order chi connectivity index (χ0) is 11.7. The Morgan fingerprint density at radius 3 is 2.76 bits per heavy atom. The van der Waals surface area contributed by atoms with Crippen molar-refractivity contribution in [3.05, 3.63) is 42.2 Å². The molecule has 1 fully saturated rings. The number of nitrogens with two attached hydrogens (primary N) is 1. The fourth-order valence-electron chi connectivity index (χ4n) is 3.21. The van der Waals surface area contributed by atoms with Gasteiger partial charge in [-0.25, -0.2) is 0 Å². The van der Waals surface area contributed by atoms with Gasteiger partial charge in [-0.15, -0.1) is 0 Å². The molecule has 2 nitrogen and oxygen atoms in total. The van der Waals surface area contributed by atoms with Crippen LogP contribution in [0.25, 0.3) is 10.8 Å². The smallest absolute Gasteiger partial charge is 0.0349 e. The van der Waals surface area contributed by atoms with Gasteiger partial charge in [0, 0.05) is 29.7 Å². The highest BCUT2D eigenvalue weighted by atomic mass is 14.6. The van der Waals surface area contributed by atoms with Crippen LogP contribution in [0.1, 0.15) is 31.2 Å². The molecular weight excluding hydrogens is 208 g/mol. The van der Waals surface area contributed by atoms with Gasteiger partial charge in [0.25, 0.3) is 0 Å². The third-order valence-corrected chi connectivity index (χ3v) is 4.21. The van der Waals surface area contributed by atoms with E-state index in [1.807, 2.05) is 12.4 Å².